The van der Waals surface area contributed by atoms with Gasteiger partial charge in [-0.3, -0.25) is 0 Å². The summed E-state index contributed by atoms with van der Waals surface area (Å²) >= 11 is 0. The molecule has 0 amide bonds. The zero-order valence-corrected chi connectivity index (χ0v) is 16.7. The van der Waals surface area contributed by atoms with Crippen LogP contribution in [-0.4, -0.2) is 14.7 Å². The predicted octanol–water partition coefficient (Wildman–Crippen LogP) is 4.52. The fourth-order valence-electron chi connectivity index (χ4n) is 6.29. The molecule has 4 rings (SSSR count). The second-order valence-electron chi connectivity index (χ2n) is 9.03. The van der Waals surface area contributed by atoms with Gasteiger partial charge in [0.15, 0.2) is 0 Å². The molecule has 5 atom stereocenters. The molecule has 3 aliphatic carbocycles. The van der Waals surface area contributed by atoms with Gasteiger partial charge in [-0.1, -0.05) is 18.9 Å². The Morgan fingerprint density at radius 3 is 2.65 bits per heavy atom. The third kappa shape index (κ3) is 2.59. The zero-order valence-electron chi connectivity index (χ0n) is 15.9. The van der Waals surface area contributed by atoms with E-state index in [1.165, 1.54) is 36.8 Å². The first-order chi connectivity index (χ1) is 12.2. The average molecular weight is 373 g/mol. The molecule has 140 valence electrons. The van der Waals surface area contributed by atoms with E-state index in [2.05, 4.69) is 25.8 Å². The van der Waals surface area contributed by atoms with Crippen molar-refractivity contribution in [1.29, 1.82) is 0 Å². The molecule has 0 aromatic heterocycles. The van der Waals surface area contributed by atoms with Crippen molar-refractivity contribution in [1.82, 2.24) is 0 Å². The van der Waals surface area contributed by atoms with E-state index in [9.17, 15) is 8.42 Å². The Balaban J connectivity index is 1.65. The summed E-state index contributed by atoms with van der Waals surface area (Å²) in [6.45, 7) is 4.72. The Morgan fingerprint density at radius 1 is 1.19 bits per heavy atom. The lowest BCUT2D eigenvalue weighted by atomic mass is 9.51. The summed E-state index contributed by atoms with van der Waals surface area (Å²) in [5.74, 6) is 5.55. The maximum absolute atomic E-state index is 11.4. The Bertz CT molecular complexity index is 881. The molecule has 0 bridgehead atoms. The minimum atomic E-state index is -3.48. The molecule has 26 heavy (non-hydrogen) atoms. The van der Waals surface area contributed by atoms with Crippen molar-refractivity contribution in [2.24, 2.45) is 22.7 Å². The summed E-state index contributed by atoms with van der Waals surface area (Å²) in [6.07, 6.45) is 13.9. The Hall–Kier alpha value is -1.47. The van der Waals surface area contributed by atoms with Crippen LogP contribution in [0.15, 0.2) is 18.2 Å². The summed E-state index contributed by atoms with van der Waals surface area (Å²) < 4.78 is 27.9. The van der Waals surface area contributed by atoms with Crippen LogP contribution in [0.2, 0.25) is 0 Å². The van der Waals surface area contributed by atoms with Crippen LogP contribution in [0.25, 0.3) is 0 Å². The van der Waals surface area contributed by atoms with E-state index < -0.39 is 10.1 Å². The van der Waals surface area contributed by atoms with Crippen molar-refractivity contribution in [3.05, 3.63) is 29.3 Å². The number of hydrogen-bond acceptors (Lipinski definition) is 3. The molecule has 0 aliphatic heterocycles. The van der Waals surface area contributed by atoms with Crippen LogP contribution in [0.1, 0.15) is 63.0 Å². The van der Waals surface area contributed by atoms with Crippen molar-refractivity contribution in [2.75, 3.05) is 6.26 Å². The van der Waals surface area contributed by atoms with Crippen LogP contribution >= 0.6 is 0 Å². The van der Waals surface area contributed by atoms with E-state index in [0.29, 0.717) is 23.5 Å². The minimum absolute atomic E-state index is 0.0239. The van der Waals surface area contributed by atoms with Crippen LogP contribution in [-0.2, 0) is 16.5 Å². The van der Waals surface area contributed by atoms with Crippen molar-refractivity contribution in [3.63, 3.8) is 0 Å². The zero-order chi connectivity index (χ0) is 18.7. The fourth-order valence-corrected chi connectivity index (χ4v) is 6.74. The smallest absolute Gasteiger partial charge is 0.306 e. The molecular weight excluding hydrogens is 344 g/mol. The second-order valence-corrected chi connectivity index (χ2v) is 10.6. The molecule has 0 saturated heterocycles. The summed E-state index contributed by atoms with van der Waals surface area (Å²) in [7, 11) is -3.48. The maximum atomic E-state index is 11.4. The lowest BCUT2D eigenvalue weighted by Crippen LogP contribution is -2.45. The number of aryl methyl sites for hydroxylation is 1. The van der Waals surface area contributed by atoms with Crippen LogP contribution in [0.4, 0.5) is 0 Å². The SMILES string of the molecule is C#C[C@@]1(C)CC[C@H]2[C@@H]3CCc4cc(OS(C)(=O)=O)ccc4[C@H]3CC[C@@]21C. The number of terminal acetylenes is 1. The van der Waals surface area contributed by atoms with Gasteiger partial charge in [-0.05, 0) is 91.9 Å². The van der Waals surface area contributed by atoms with Gasteiger partial charge in [-0.15, -0.1) is 6.42 Å². The summed E-state index contributed by atoms with van der Waals surface area (Å²) in [4.78, 5) is 0. The average Bonchev–Trinajstić information content (AvgIpc) is 2.85. The van der Waals surface area contributed by atoms with E-state index in [1.54, 1.807) is 0 Å². The molecular formula is C22H28O3S. The van der Waals surface area contributed by atoms with Crippen LogP contribution in [0.5, 0.6) is 5.75 Å². The molecule has 3 aliphatic rings. The van der Waals surface area contributed by atoms with Crippen LogP contribution in [0, 0.1) is 35.0 Å². The molecule has 1 aromatic carbocycles. The number of rotatable bonds is 2. The van der Waals surface area contributed by atoms with Gasteiger partial charge >= 0.3 is 10.1 Å². The van der Waals surface area contributed by atoms with Gasteiger partial charge in [0.1, 0.15) is 5.75 Å². The lowest BCUT2D eigenvalue weighted by Gasteiger charge is -2.53. The molecule has 4 heteroatoms. The van der Waals surface area contributed by atoms with Crippen molar-refractivity contribution in [3.8, 4) is 18.1 Å². The van der Waals surface area contributed by atoms with Gasteiger partial charge in [0.25, 0.3) is 0 Å². The van der Waals surface area contributed by atoms with E-state index in [-0.39, 0.29) is 10.8 Å². The van der Waals surface area contributed by atoms with E-state index >= 15 is 0 Å². The molecule has 0 radical (unpaired) electrons. The van der Waals surface area contributed by atoms with Crippen molar-refractivity contribution >= 4 is 10.1 Å². The Kier molecular flexibility index (Phi) is 3.97. The Labute approximate surface area is 157 Å². The van der Waals surface area contributed by atoms with Crippen LogP contribution < -0.4 is 4.18 Å². The topological polar surface area (TPSA) is 43.4 Å². The number of benzene rings is 1. The third-order valence-corrected chi connectivity index (χ3v) is 8.36. The highest BCUT2D eigenvalue weighted by atomic mass is 32.2. The second kappa shape index (κ2) is 5.76. The van der Waals surface area contributed by atoms with Gasteiger partial charge in [-0.2, -0.15) is 8.42 Å². The summed E-state index contributed by atoms with van der Waals surface area (Å²) in [5.41, 5.74) is 2.93. The number of fused-ring (bicyclic) bond motifs is 5. The predicted molar refractivity (Wildman–Crippen MR) is 103 cm³/mol. The molecule has 1 aromatic rings. The Morgan fingerprint density at radius 2 is 1.96 bits per heavy atom. The van der Waals surface area contributed by atoms with Gasteiger partial charge in [0.05, 0.1) is 6.26 Å². The molecule has 0 unspecified atom stereocenters. The third-order valence-electron chi connectivity index (χ3n) is 7.87. The highest BCUT2D eigenvalue weighted by Gasteiger charge is 2.59. The largest absolute Gasteiger partial charge is 0.383 e. The summed E-state index contributed by atoms with van der Waals surface area (Å²) in [6, 6.07) is 5.85. The highest BCUT2D eigenvalue weighted by Crippen LogP contribution is 2.67. The van der Waals surface area contributed by atoms with Gasteiger partial charge in [-0.25, -0.2) is 0 Å². The first-order valence-corrected chi connectivity index (χ1v) is 11.5. The normalized spacial score (nSPS) is 38.6. The monoisotopic (exact) mass is 372 g/mol. The molecule has 3 nitrogen and oxygen atoms in total. The molecule has 0 spiro atoms. The van der Waals surface area contributed by atoms with Crippen molar-refractivity contribution in [2.45, 2.75) is 58.3 Å². The van der Waals surface area contributed by atoms with Gasteiger partial charge in [0.2, 0.25) is 0 Å². The minimum Gasteiger partial charge on any atom is -0.383 e. The summed E-state index contributed by atoms with van der Waals surface area (Å²) in [5, 5.41) is 0. The van der Waals surface area contributed by atoms with Crippen molar-refractivity contribution < 1.29 is 12.6 Å². The van der Waals surface area contributed by atoms with Crippen LogP contribution in [0.3, 0.4) is 0 Å². The standard InChI is InChI=1S/C22H28O3S/c1-5-21(2)12-11-20-19-8-6-15-14-16(25-26(4,23)24)7-9-17(15)18(19)10-13-22(20,21)3/h1,7,9,14,18-20H,6,8,10-13H2,2-4H3/t18-,19-,20+,21+,22+/m1/s1. The lowest BCUT2D eigenvalue weighted by molar-refractivity contribution is 0.00891. The first-order valence-electron chi connectivity index (χ1n) is 9.67. The van der Waals surface area contributed by atoms with E-state index in [1.807, 2.05) is 12.1 Å². The fraction of sp³-hybridized carbons (Fsp3) is 0.636. The number of hydrogen-bond donors (Lipinski definition) is 0. The molecule has 0 N–H and O–H groups in total. The van der Waals surface area contributed by atoms with Gasteiger partial charge < -0.3 is 4.18 Å². The highest BCUT2D eigenvalue weighted by molar-refractivity contribution is 7.86. The maximum Gasteiger partial charge on any atom is 0.306 e. The van der Waals surface area contributed by atoms with E-state index in [0.717, 1.165) is 19.1 Å². The molecule has 2 saturated carbocycles. The first kappa shape index (κ1) is 17.9. The quantitative estimate of drug-likeness (QED) is 0.566. The molecule has 2 fully saturated rings. The molecule has 0 heterocycles. The van der Waals surface area contributed by atoms with E-state index in [4.69, 9.17) is 10.6 Å². The van der Waals surface area contributed by atoms with Gasteiger partial charge in [0, 0.05) is 5.41 Å².